The van der Waals surface area contributed by atoms with Gasteiger partial charge in [-0.15, -0.1) is 10.2 Å². The van der Waals surface area contributed by atoms with Gasteiger partial charge in [-0.05, 0) is 47.9 Å². The Labute approximate surface area is 189 Å². The van der Waals surface area contributed by atoms with Crippen LogP contribution in [-0.2, 0) is 11.2 Å². The fourth-order valence-electron chi connectivity index (χ4n) is 2.64. The van der Waals surface area contributed by atoms with E-state index in [-0.39, 0.29) is 5.91 Å². The largest absolute Gasteiger partial charge is 0.490 e. The first kappa shape index (κ1) is 23.7. The predicted molar refractivity (Wildman–Crippen MR) is 113 cm³/mol. The standard InChI is InChI=1S/C19H14ClN5O.C2HF3O2/c20-15-3-1-2-13(9-15)8-14-4-6-17(21-10-14)19(26)23-16-5-7-18-24-22-12-25(18)11-16;3-2(4,5)1(6)7/h1-7,9-12H,8H2,(H,23,26);(H,6,7). The van der Waals surface area contributed by atoms with Gasteiger partial charge < -0.3 is 10.4 Å². The van der Waals surface area contributed by atoms with Crippen molar-refractivity contribution in [2.24, 2.45) is 0 Å². The van der Waals surface area contributed by atoms with E-state index >= 15 is 0 Å². The predicted octanol–water partition coefficient (Wildman–Crippen LogP) is 4.25. The van der Waals surface area contributed by atoms with Crippen molar-refractivity contribution in [1.82, 2.24) is 19.6 Å². The summed E-state index contributed by atoms with van der Waals surface area (Å²) in [6, 6.07) is 14.8. The molecule has 0 aliphatic carbocycles. The van der Waals surface area contributed by atoms with Gasteiger partial charge in [0.15, 0.2) is 5.65 Å². The van der Waals surface area contributed by atoms with Crippen molar-refractivity contribution < 1.29 is 27.9 Å². The van der Waals surface area contributed by atoms with Gasteiger partial charge in [-0.25, -0.2) is 4.79 Å². The number of carboxylic acids is 1. The topological polar surface area (TPSA) is 109 Å². The molecule has 12 heteroatoms. The van der Waals surface area contributed by atoms with Crippen LogP contribution >= 0.6 is 11.6 Å². The Bertz CT molecular complexity index is 1280. The number of hydrogen-bond donors (Lipinski definition) is 2. The zero-order valence-corrected chi connectivity index (χ0v) is 17.4. The summed E-state index contributed by atoms with van der Waals surface area (Å²) in [7, 11) is 0. The lowest BCUT2D eigenvalue weighted by atomic mass is 10.1. The Hall–Kier alpha value is -3.99. The third kappa shape index (κ3) is 6.74. The van der Waals surface area contributed by atoms with Gasteiger partial charge in [0.05, 0.1) is 5.69 Å². The number of pyridine rings is 2. The minimum atomic E-state index is -5.08. The van der Waals surface area contributed by atoms with Gasteiger partial charge in [0.25, 0.3) is 5.91 Å². The van der Waals surface area contributed by atoms with Crippen LogP contribution in [0, 0.1) is 0 Å². The van der Waals surface area contributed by atoms with Crippen LogP contribution in [0.15, 0.2) is 67.3 Å². The number of fused-ring (bicyclic) bond motifs is 1. The van der Waals surface area contributed by atoms with Crippen molar-refractivity contribution in [1.29, 1.82) is 0 Å². The van der Waals surface area contributed by atoms with Gasteiger partial charge in [-0.2, -0.15) is 13.2 Å². The maximum Gasteiger partial charge on any atom is 0.490 e. The summed E-state index contributed by atoms with van der Waals surface area (Å²) in [6.45, 7) is 0. The molecule has 0 spiro atoms. The molecule has 0 saturated carbocycles. The number of carbonyl (C=O) groups is 2. The van der Waals surface area contributed by atoms with Crippen molar-refractivity contribution >= 4 is 34.8 Å². The number of amides is 1. The summed E-state index contributed by atoms with van der Waals surface area (Å²) in [5.41, 5.74) is 3.82. The van der Waals surface area contributed by atoms with E-state index in [9.17, 15) is 18.0 Å². The first-order chi connectivity index (χ1) is 15.6. The number of rotatable bonds is 4. The van der Waals surface area contributed by atoms with Gasteiger partial charge >= 0.3 is 12.1 Å². The summed E-state index contributed by atoms with van der Waals surface area (Å²) < 4.78 is 33.5. The molecular formula is C21H15ClF3N5O3. The molecule has 1 amide bonds. The van der Waals surface area contributed by atoms with E-state index in [0.717, 1.165) is 11.1 Å². The number of nitrogens with one attached hydrogen (secondary N) is 1. The Morgan fingerprint density at radius 3 is 2.48 bits per heavy atom. The first-order valence-electron chi connectivity index (χ1n) is 9.22. The van der Waals surface area contributed by atoms with Crippen LogP contribution in [0.25, 0.3) is 5.65 Å². The third-order valence-corrected chi connectivity index (χ3v) is 4.38. The molecule has 3 aromatic heterocycles. The molecule has 0 saturated heterocycles. The maximum atomic E-state index is 12.4. The fourth-order valence-corrected chi connectivity index (χ4v) is 2.86. The summed E-state index contributed by atoms with van der Waals surface area (Å²) in [5.74, 6) is -3.03. The van der Waals surface area contributed by atoms with Crippen LogP contribution in [-0.4, -0.2) is 42.7 Å². The van der Waals surface area contributed by atoms with Crippen molar-refractivity contribution in [3.63, 3.8) is 0 Å². The van der Waals surface area contributed by atoms with Gasteiger partial charge in [-0.1, -0.05) is 29.8 Å². The van der Waals surface area contributed by atoms with Crippen LogP contribution in [0.2, 0.25) is 5.02 Å². The third-order valence-electron chi connectivity index (χ3n) is 4.15. The van der Waals surface area contributed by atoms with Gasteiger partial charge in [-0.3, -0.25) is 14.2 Å². The number of aliphatic carboxylic acids is 1. The number of carbonyl (C=O) groups excluding carboxylic acids is 1. The van der Waals surface area contributed by atoms with E-state index in [1.807, 2.05) is 30.3 Å². The number of nitrogens with zero attached hydrogens (tertiary/aromatic N) is 4. The average molecular weight is 478 g/mol. The molecule has 0 aliphatic heterocycles. The molecule has 0 radical (unpaired) electrons. The molecule has 8 nitrogen and oxygen atoms in total. The number of carboxylic acid groups (broad SMARTS) is 1. The highest BCUT2D eigenvalue weighted by molar-refractivity contribution is 6.30. The van der Waals surface area contributed by atoms with E-state index in [1.54, 1.807) is 41.3 Å². The molecule has 170 valence electrons. The highest BCUT2D eigenvalue weighted by Crippen LogP contribution is 2.15. The lowest BCUT2D eigenvalue weighted by molar-refractivity contribution is -0.192. The number of halogens is 4. The highest BCUT2D eigenvalue weighted by Gasteiger charge is 2.38. The molecular weight excluding hydrogens is 463 g/mol. The van der Waals surface area contributed by atoms with E-state index in [4.69, 9.17) is 21.5 Å². The normalized spacial score (nSPS) is 10.9. The highest BCUT2D eigenvalue weighted by atomic mass is 35.5. The van der Waals surface area contributed by atoms with E-state index in [2.05, 4.69) is 20.5 Å². The maximum absolute atomic E-state index is 12.4. The first-order valence-corrected chi connectivity index (χ1v) is 9.60. The molecule has 4 rings (SSSR count). The molecule has 1 aromatic carbocycles. The average Bonchev–Trinajstić information content (AvgIpc) is 3.22. The zero-order chi connectivity index (χ0) is 24.0. The van der Waals surface area contributed by atoms with Crippen molar-refractivity contribution in [3.05, 3.63) is 89.1 Å². The summed E-state index contributed by atoms with van der Waals surface area (Å²) >= 11 is 6.01. The van der Waals surface area contributed by atoms with E-state index < -0.39 is 12.1 Å². The van der Waals surface area contributed by atoms with Crippen molar-refractivity contribution in [3.8, 4) is 0 Å². The zero-order valence-electron chi connectivity index (χ0n) is 16.6. The Balaban J connectivity index is 0.000000383. The number of alkyl halides is 3. The second-order valence-electron chi connectivity index (χ2n) is 6.63. The summed E-state index contributed by atoms with van der Waals surface area (Å²) in [4.78, 5) is 25.5. The Morgan fingerprint density at radius 1 is 1.09 bits per heavy atom. The van der Waals surface area contributed by atoms with E-state index in [0.29, 0.717) is 28.5 Å². The van der Waals surface area contributed by atoms with Gasteiger partial charge in [0, 0.05) is 17.4 Å². The molecule has 0 atom stereocenters. The SMILES string of the molecule is O=C(Nc1ccc2nncn2c1)c1ccc(Cc2cccc(Cl)c2)cn1.O=C(O)C(F)(F)F. The number of anilines is 1. The molecule has 2 N–H and O–H groups in total. The Morgan fingerprint density at radius 2 is 1.85 bits per heavy atom. The second-order valence-corrected chi connectivity index (χ2v) is 7.07. The van der Waals surface area contributed by atoms with Crippen LogP contribution in [0.5, 0.6) is 0 Å². The lowest BCUT2D eigenvalue weighted by Gasteiger charge is -2.06. The molecule has 0 aliphatic rings. The van der Waals surface area contributed by atoms with Crippen molar-refractivity contribution in [2.45, 2.75) is 12.6 Å². The fraction of sp³-hybridized carbons (Fsp3) is 0.0952. The smallest absolute Gasteiger partial charge is 0.475 e. The lowest BCUT2D eigenvalue weighted by Crippen LogP contribution is -2.21. The molecule has 4 aromatic rings. The van der Waals surface area contributed by atoms with Crippen molar-refractivity contribution in [2.75, 3.05) is 5.32 Å². The van der Waals surface area contributed by atoms with Gasteiger partial charge in [0.1, 0.15) is 12.0 Å². The molecule has 0 fully saturated rings. The number of hydrogen-bond acceptors (Lipinski definition) is 5. The molecule has 0 bridgehead atoms. The molecule has 33 heavy (non-hydrogen) atoms. The molecule has 3 heterocycles. The minimum absolute atomic E-state index is 0.272. The minimum Gasteiger partial charge on any atom is -0.475 e. The van der Waals surface area contributed by atoms with Crippen LogP contribution in [0.4, 0.5) is 18.9 Å². The number of benzene rings is 1. The summed E-state index contributed by atoms with van der Waals surface area (Å²) in [5, 5.41) is 18.4. The summed E-state index contributed by atoms with van der Waals surface area (Å²) in [6.07, 6.45) is 0.660. The van der Waals surface area contributed by atoms with Gasteiger partial charge in [0.2, 0.25) is 0 Å². The van der Waals surface area contributed by atoms with Crippen LogP contribution in [0.3, 0.4) is 0 Å². The van der Waals surface area contributed by atoms with E-state index in [1.165, 1.54) is 0 Å². The Kier molecular flexibility index (Phi) is 7.23. The van der Waals surface area contributed by atoms with Crippen LogP contribution < -0.4 is 5.32 Å². The quantitative estimate of drug-likeness (QED) is 0.454. The monoisotopic (exact) mass is 477 g/mol. The van der Waals surface area contributed by atoms with Crippen LogP contribution in [0.1, 0.15) is 21.6 Å². The molecule has 0 unspecified atom stereocenters. The number of aromatic nitrogens is 4. The second kappa shape index (κ2) is 10.1.